The standard InChI is InChI=1S/C32H42/c1-3-5-6-26-13-17-29(18-14-26)31-21-23-32(24-22-31)30-19-15-28(16-20-30)12-11-27-9-7-25(4-2)8-10-27/h4,11-14,17-18,21-25,27-28,30H,2-3,5-10,15-16,19-20H2,1H3/t25-,27-,28?,30?. The molecule has 0 radical (unpaired) electrons. The smallest absolute Gasteiger partial charge is 0.0162 e. The lowest BCUT2D eigenvalue weighted by molar-refractivity contribution is 0.349. The van der Waals surface area contributed by atoms with Crippen molar-refractivity contribution in [3.63, 3.8) is 0 Å². The number of benzene rings is 2. The number of hydrogen-bond donors (Lipinski definition) is 0. The Morgan fingerprint density at radius 1 is 0.688 bits per heavy atom. The van der Waals surface area contributed by atoms with Gasteiger partial charge in [0.15, 0.2) is 0 Å². The lowest BCUT2D eigenvalue weighted by Crippen LogP contribution is -2.13. The molecule has 2 aliphatic carbocycles. The Kier molecular flexibility index (Phi) is 8.43. The Hall–Kier alpha value is -2.08. The quantitative estimate of drug-likeness (QED) is 0.369. The summed E-state index contributed by atoms with van der Waals surface area (Å²) in [4.78, 5) is 0. The van der Waals surface area contributed by atoms with Crippen LogP contribution in [0, 0.1) is 17.8 Å². The van der Waals surface area contributed by atoms with Crippen molar-refractivity contribution in [3.8, 4) is 11.1 Å². The van der Waals surface area contributed by atoms with Gasteiger partial charge in [-0.3, -0.25) is 0 Å². The Balaban J connectivity index is 1.26. The molecule has 0 saturated heterocycles. The lowest BCUT2D eigenvalue weighted by atomic mass is 9.77. The Labute approximate surface area is 196 Å². The second kappa shape index (κ2) is 11.7. The van der Waals surface area contributed by atoms with Crippen LogP contribution in [0.15, 0.2) is 73.3 Å². The normalized spacial score (nSPS) is 26.3. The molecular formula is C32H42. The zero-order chi connectivity index (χ0) is 22.2. The number of hydrogen-bond acceptors (Lipinski definition) is 0. The van der Waals surface area contributed by atoms with E-state index < -0.39 is 0 Å². The zero-order valence-electron chi connectivity index (χ0n) is 20.1. The Bertz CT molecular complexity index is 838. The van der Waals surface area contributed by atoms with Crippen molar-refractivity contribution < 1.29 is 0 Å². The number of aryl methyl sites for hydroxylation is 1. The van der Waals surface area contributed by atoms with Crippen LogP contribution >= 0.6 is 0 Å². The summed E-state index contributed by atoms with van der Waals surface area (Å²) in [7, 11) is 0. The first-order valence-corrected chi connectivity index (χ1v) is 13.2. The molecule has 0 bridgehead atoms. The summed E-state index contributed by atoms with van der Waals surface area (Å²) < 4.78 is 0. The average molecular weight is 427 g/mol. The van der Waals surface area contributed by atoms with Crippen molar-refractivity contribution in [3.05, 3.63) is 84.5 Å². The molecule has 2 aromatic rings. The molecule has 0 nitrogen and oxygen atoms in total. The van der Waals surface area contributed by atoms with E-state index in [1.807, 2.05) is 0 Å². The van der Waals surface area contributed by atoms with Crippen molar-refractivity contribution in [2.75, 3.05) is 0 Å². The zero-order valence-corrected chi connectivity index (χ0v) is 20.1. The van der Waals surface area contributed by atoms with E-state index in [2.05, 4.69) is 80.3 Å². The lowest BCUT2D eigenvalue weighted by Gasteiger charge is -2.28. The van der Waals surface area contributed by atoms with Crippen molar-refractivity contribution in [2.45, 2.75) is 83.5 Å². The molecule has 2 aromatic carbocycles. The first kappa shape index (κ1) is 23.1. The summed E-state index contributed by atoms with van der Waals surface area (Å²) in [6, 6.07) is 18.6. The van der Waals surface area contributed by atoms with Crippen molar-refractivity contribution in [1.29, 1.82) is 0 Å². The molecule has 4 rings (SSSR count). The van der Waals surface area contributed by atoms with Gasteiger partial charge in [-0.25, -0.2) is 0 Å². The molecule has 170 valence electrons. The summed E-state index contributed by atoms with van der Waals surface area (Å²) in [5.74, 6) is 3.13. The highest BCUT2D eigenvalue weighted by molar-refractivity contribution is 5.64. The molecule has 0 spiro atoms. The van der Waals surface area contributed by atoms with Crippen LogP contribution in [-0.2, 0) is 6.42 Å². The van der Waals surface area contributed by atoms with Crippen molar-refractivity contribution >= 4 is 0 Å². The minimum Gasteiger partial charge on any atom is -0.103 e. The summed E-state index contributed by atoms with van der Waals surface area (Å²) in [6.45, 7) is 6.23. The fourth-order valence-corrected chi connectivity index (χ4v) is 5.72. The molecule has 2 aliphatic rings. The maximum atomic E-state index is 3.97. The van der Waals surface area contributed by atoms with E-state index in [1.165, 1.54) is 87.3 Å². The van der Waals surface area contributed by atoms with E-state index in [1.54, 1.807) is 5.56 Å². The van der Waals surface area contributed by atoms with Crippen LogP contribution in [0.3, 0.4) is 0 Å². The molecule has 0 heterocycles. The monoisotopic (exact) mass is 426 g/mol. The topological polar surface area (TPSA) is 0 Å². The van der Waals surface area contributed by atoms with E-state index in [0.29, 0.717) is 0 Å². The molecule has 0 unspecified atom stereocenters. The van der Waals surface area contributed by atoms with E-state index >= 15 is 0 Å². The van der Waals surface area contributed by atoms with Crippen molar-refractivity contribution in [2.24, 2.45) is 17.8 Å². The molecule has 0 aromatic heterocycles. The summed E-state index contributed by atoms with van der Waals surface area (Å²) in [5, 5.41) is 0. The van der Waals surface area contributed by atoms with Crippen LogP contribution in [0.4, 0.5) is 0 Å². The summed E-state index contributed by atoms with van der Waals surface area (Å²) >= 11 is 0. The summed E-state index contributed by atoms with van der Waals surface area (Å²) in [5.41, 5.74) is 5.69. The molecule has 0 amide bonds. The Morgan fingerprint density at radius 2 is 1.19 bits per heavy atom. The molecule has 0 atom stereocenters. The van der Waals surface area contributed by atoms with Gasteiger partial charge in [0.25, 0.3) is 0 Å². The maximum Gasteiger partial charge on any atom is -0.0162 e. The largest absolute Gasteiger partial charge is 0.103 e. The van der Waals surface area contributed by atoms with Gasteiger partial charge in [-0.2, -0.15) is 0 Å². The van der Waals surface area contributed by atoms with Crippen LogP contribution in [0.25, 0.3) is 11.1 Å². The average Bonchev–Trinajstić information content (AvgIpc) is 2.87. The van der Waals surface area contributed by atoms with Crippen LogP contribution < -0.4 is 0 Å². The second-order valence-corrected chi connectivity index (χ2v) is 10.3. The van der Waals surface area contributed by atoms with Gasteiger partial charge >= 0.3 is 0 Å². The van der Waals surface area contributed by atoms with Crippen LogP contribution in [0.5, 0.6) is 0 Å². The van der Waals surface area contributed by atoms with Gasteiger partial charge < -0.3 is 0 Å². The van der Waals surface area contributed by atoms with E-state index in [9.17, 15) is 0 Å². The van der Waals surface area contributed by atoms with Crippen LogP contribution in [0.1, 0.15) is 88.2 Å². The number of allylic oxidation sites excluding steroid dienone is 3. The molecule has 0 heteroatoms. The van der Waals surface area contributed by atoms with Gasteiger partial charge in [0, 0.05) is 0 Å². The molecule has 0 aliphatic heterocycles. The Morgan fingerprint density at radius 3 is 1.72 bits per heavy atom. The highest BCUT2D eigenvalue weighted by atomic mass is 14.3. The molecule has 2 saturated carbocycles. The maximum absolute atomic E-state index is 3.97. The van der Waals surface area contributed by atoms with Gasteiger partial charge in [0.05, 0.1) is 0 Å². The van der Waals surface area contributed by atoms with Crippen LogP contribution in [0.2, 0.25) is 0 Å². The van der Waals surface area contributed by atoms with Gasteiger partial charge in [-0.15, -0.1) is 6.58 Å². The van der Waals surface area contributed by atoms with E-state index in [-0.39, 0.29) is 0 Å². The predicted molar refractivity (Wildman–Crippen MR) is 140 cm³/mol. The van der Waals surface area contributed by atoms with E-state index in [4.69, 9.17) is 0 Å². The third-order valence-corrected chi connectivity index (χ3v) is 8.07. The minimum absolute atomic E-state index is 0.744. The highest BCUT2D eigenvalue weighted by Gasteiger charge is 2.22. The molecule has 32 heavy (non-hydrogen) atoms. The highest BCUT2D eigenvalue weighted by Crippen LogP contribution is 2.38. The first-order valence-electron chi connectivity index (χ1n) is 13.2. The molecule has 0 N–H and O–H groups in total. The summed E-state index contributed by atoms with van der Waals surface area (Å²) in [6.07, 6.45) is 21.8. The first-order chi connectivity index (χ1) is 15.7. The number of rotatable bonds is 8. The minimum atomic E-state index is 0.744. The van der Waals surface area contributed by atoms with E-state index in [0.717, 1.165) is 23.7 Å². The van der Waals surface area contributed by atoms with Crippen LogP contribution in [-0.4, -0.2) is 0 Å². The predicted octanol–water partition coefficient (Wildman–Crippen LogP) is 9.52. The molecule has 2 fully saturated rings. The fraction of sp³-hybridized carbons (Fsp3) is 0.500. The fourth-order valence-electron chi connectivity index (χ4n) is 5.72. The van der Waals surface area contributed by atoms with Gasteiger partial charge in [0.1, 0.15) is 0 Å². The van der Waals surface area contributed by atoms with Gasteiger partial charge in [-0.05, 0) is 110 Å². The van der Waals surface area contributed by atoms with Gasteiger partial charge in [0.2, 0.25) is 0 Å². The third kappa shape index (κ3) is 6.25. The number of unbranched alkanes of at least 4 members (excludes halogenated alkanes) is 1. The second-order valence-electron chi connectivity index (χ2n) is 10.3. The van der Waals surface area contributed by atoms with Gasteiger partial charge in [-0.1, -0.05) is 80.1 Å². The molecular weight excluding hydrogens is 384 g/mol. The third-order valence-electron chi connectivity index (χ3n) is 8.07. The van der Waals surface area contributed by atoms with Crippen molar-refractivity contribution in [1.82, 2.24) is 0 Å². The SMILES string of the molecule is C=C[C@H]1CC[C@H](C=CC2CCC(c3ccc(-c4ccc(CCCC)cc4)cc3)CC2)CC1.